The van der Waals surface area contributed by atoms with E-state index in [-0.39, 0.29) is 23.8 Å². The number of hydrogen-bond donors (Lipinski definition) is 1. The third-order valence-corrected chi connectivity index (χ3v) is 10.7. The second-order valence-corrected chi connectivity index (χ2v) is 14.9. The van der Waals surface area contributed by atoms with Gasteiger partial charge in [-0.05, 0) is 88.6 Å². The van der Waals surface area contributed by atoms with Gasteiger partial charge >= 0.3 is 5.97 Å². The standard InChI is InChI=1S/C32H35Cl2N5O3S/c1-6-42-30(40)27-29(36-19(2)26(37-27)22-8-7-9-24(33)25(22)34)39-14-12-32(13-15-39)17-21-11-10-20(18-35)16-23(21)28(32)38-43(41)31(3,4)5/h7-11,16,28,38H,6,12-15,17H2,1-5H3/t28-,43?/m1/s1. The third-order valence-electron chi connectivity index (χ3n) is 8.31. The lowest BCUT2D eigenvalue weighted by atomic mass is 9.73. The molecule has 11 heteroatoms. The van der Waals surface area contributed by atoms with E-state index in [9.17, 15) is 14.3 Å². The fourth-order valence-corrected chi connectivity index (χ4v) is 7.35. The number of nitrogens with zero attached hydrogens (tertiary/aromatic N) is 4. The Balaban J connectivity index is 1.49. The van der Waals surface area contributed by atoms with Crippen molar-refractivity contribution < 1.29 is 13.7 Å². The van der Waals surface area contributed by atoms with Crippen LogP contribution in [0.5, 0.6) is 0 Å². The van der Waals surface area contributed by atoms with Gasteiger partial charge in [0.1, 0.15) is 0 Å². The minimum atomic E-state index is -1.31. The number of piperidine rings is 1. The number of carbonyl (C=O) groups excluding carboxylic acids is 1. The van der Waals surface area contributed by atoms with Crippen molar-refractivity contribution in [3.63, 3.8) is 0 Å². The predicted molar refractivity (Wildman–Crippen MR) is 171 cm³/mol. The van der Waals surface area contributed by atoms with Crippen molar-refractivity contribution in [1.29, 1.82) is 5.26 Å². The summed E-state index contributed by atoms with van der Waals surface area (Å²) in [6.07, 6.45) is 2.32. The molecule has 0 radical (unpaired) electrons. The van der Waals surface area contributed by atoms with Crippen LogP contribution < -0.4 is 9.62 Å². The first kappa shape index (κ1) is 31.4. The molecule has 1 aromatic heterocycles. The molecule has 1 aliphatic heterocycles. The molecule has 2 aromatic carbocycles. The van der Waals surface area contributed by atoms with Crippen molar-refractivity contribution in [3.05, 3.63) is 74.5 Å². The van der Waals surface area contributed by atoms with E-state index in [0.29, 0.717) is 51.5 Å². The van der Waals surface area contributed by atoms with Crippen LogP contribution in [0, 0.1) is 23.7 Å². The maximum absolute atomic E-state index is 13.3. The molecule has 1 unspecified atom stereocenters. The Morgan fingerprint density at radius 2 is 1.93 bits per heavy atom. The van der Waals surface area contributed by atoms with Gasteiger partial charge in [-0.2, -0.15) is 5.26 Å². The van der Waals surface area contributed by atoms with E-state index in [2.05, 4.69) is 15.7 Å². The van der Waals surface area contributed by atoms with Crippen LogP contribution in [0.3, 0.4) is 0 Å². The summed E-state index contributed by atoms with van der Waals surface area (Å²) < 4.78 is 21.7. The molecule has 3 aromatic rings. The molecule has 43 heavy (non-hydrogen) atoms. The normalized spacial score (nSPS) is 18.3. The van der Waals surface area contributed by atoms with Gasteiger partial charge in [0.05, 0.1) is 61.4 Å². The maximum Gasteiger partial charge on any atom is 0.360 e. The third kappa shape index (κ3) is 6.03. The average Bonchev–Trinajstić information content (AvgIpc) is 3.25. The first-order valence-corrected chi connectivity index (χ1v) is 16.2. The molecule has 2 heterocycles. The summed E-state index contributed by atoms with van der Waals surface area (Å²) in [6.45, 7) is 10.9. The monoisotopic (exact) mass is 639 g/mol. The van der Waals surface area contributed by atoms with E-state index in [1.165, 1.54) is 5.56 Å². The minimum Gasteiger partial charge on any atom is -0.461 e. The summed E-state index contributed by atoms with van der Waals surface area (Å²) in [7, 11) is -1.31. The molecular weight excluding hydrogens is 605 g/mol. The molecule has 5 rings (SSSR count). The van der Waals surface area contributed by atoms with Gasteiger partial charge < -0.3 is 9.64 Å². The van der Waals surface area contributed by atoms with Crippen LogP contribution in [0.15, 0.2) is 36.4 Å². The Morgan fingerprint density at radius 1 is 1.21 bits per heavy atom. The van der Waals surface area contributed by atoms with E-state index in [4.69, 9.17) is 37.9 Å². The topological polar surface area (TPSA) is 108 Å². The van der Waals surface area contributed by atoms with Gasteiger partial charge in [0.15, 0.2) is 11.5 Å². The van der Waals surface area contributed by atoms with Crippen LogP contribution in [-0.4, -0.2) is 44.6 Å². The fourth-order valence-electron chi connectivity index (χ4n) is 6.01. The number of hydrogen-bond acceptors (Lipinski definition) is 7. The molecule has 0 saturated carbocycles. The first-order chi connectivity index (χ1) is 20.4. The highest BCUT2D eigenvalue weighted by Crippen LogP contribution is 2.53. The van der Waals surface area contributed by atoms with Gasteiger partial charge in [-0.1, -0.05) is 41.4 Å². The Morgan fingerprint density at radius 3 is 2.58 bits per heavy atom. The number of esters is 1. The number of fused-ring (bicyclic) bond motifs is 1. The van der Waals surface area contributed by atoms with Crippen molar-refractivity contribution in [1.82, 2.24) is 14.7 Å². The number of carbonyl (C=O) groups is 1. The average molecular weight is 641 g/mol. The minimum absolute atomic E-state index is 0.131. The molecule has 0 bridgehead atoms. The van der Waals surface area contributed by atoms with Gasteiger partial charge in [0.2, 0.25) is 0 Å². The molecule has 8 nitrogen and oxygen atoms in total. The maximum atomic E-state index is 13.3. The summed E-state index contributed by atoms with van der Waals surface area (Å²) in [6, 6.07) is 13.2. The predicted octanol–water partition coefficient (Wildman–Crippen LogP) is 6.74. The van der Waals surface area contributed by atoms with Crippen molar-refractivity contribution >= 4 is 46.0 Å². The van der Waals surface area contributed by atoms with E-state index in [1.807, 2.05) is 45.9 Å². The number of nitriles is 1. The zero-order chi connectivity index (χ0) is 31.1. The van der Waals surface area contributed by atoms with Crippen LogP contribution in [0.25, 0.3) is 11.3 Å². The number of rotatable bonds is 6. The smallest absolute Gasteiger partial charge is 0.360 e. The van der Waals surface area contributed by atoms with Crippen LogP contribution in [-0.2, 0) is 22.1 Å². The molecule has 1 spiro atoms. The lowest BCUT2D eigenvalue weighted by Gasteiger charge is -2.44. The van der Waals surface area contributed by atoms with Crippen LogP contribution in [0.4, 0.5) is 5.82 Å². The van der Waals surface area contributed by atoms with E-state index in [1.54, 1.807) is 25.1 Å². The van der Waals surface area contributed by atoms with Gasteiger partial charge in [0, 0.05) is 18.7 Å². The highest BCUT2D eigenvalue weighted by Gasteiger charge is 2.49. The highest BCUT2D eigenvalue weighted by molar-refractivity contribution is 7.84. The lowest BCUT2D eigenvalue weighted by Crippen LogP contribution is -2.48. The number of nitrogens with one attached hydrogen (secondary N) is 1. The summed E-state index contributed by atoms with van der Waals surface area (Å²) in [5, 5.41) is 10.3. The zero-order valence-electron chi connectivity index (χ0n) is 25.0. The Labute approximate surface area is 265 Å². The van der Waals surface area contributed by atoms with Crippen LogP contribution in [0.1, 0.15) is 79.5 Å². The van der Waals surface area contributed by atoms with E-state index in [0.717, 1.165) is 24.8 Å². The second kappa shape index (κ2) is 12.2. The van der Waals surface area contributed by atoms with Crippen LogP contribution >= 0.6 is 23.2 Å². The zero-order valence-corrected chi connectivity index (χ0v) is 27.3. The van der Waals surface area contributed by atoms with E-state index < -0.39 is 21.7 Å². The van der Waals surface area contributed by atoms with Crippen molar-refractivity contribution in [2.45, 2.75) is 64.7 Å². The number of halogens is 2. The van der Waals surface area contributed by atoms with Crippen molar-refractivity contribution in [2.75, 3.05) is 24.6 Å². The summed E-state index contributed by atoms with van der Waals surface area (Å²) in [4.78, 5) is 24.9. The Hall–Kier alpha value is -3.03. The summed E-state index contributed by atoms with van der Waals surface area (Å²) >= 11 is 12.8. The highest BCUT2D eigenvalue weighted by atomic mass is 35.5. The SMILES string of the molecule is CCOC(=O)c1nc(-c2cccc(Cl)c2Cl)c(C)nc1N1CCC2(CC1)Cc1ccc(C#N)cc1[C@H]2NS(=O)C(C)(C)C. The van der Waals surface area contributed by atoms with Crippen LogP contribution in [0.2, 0.25) is 10.0 Å². The molecule has 1 aliphatic carbocycles. The van der Waals surface area contributed by atoms with Gasteiger partial charge in [-0.3, -0.25) is 0 Å². The Bertz CT molecular complexity index is 1640. The molecule has 1 fully saturated rings. The molecule has 2 aliphatic rings. The fraction of sp³-hybridized carbons (Fsp3) is 0.438. The quantitative estimate of drug-likeness (QED) is 0.297. The Kier molecular flexibility index (Phi) is 8.88. The largest absolute Gasteiger partial charge is 0.461 e. The molecular formula is C32H35Cl2N5O3S. The molecule has 226 valence electrons. The summed E-state index contributed by atoms with van der Waals surface area (Å²) in [5.41, 5.74) is 4.39. The molecule has 2 atom stereocenters. The van der Waals surface area contributed by atoms with Gasteiger partial charge in [0.25, 0.3) is 0 Å². The van der Waals surface area contributed by atoms with Crippen molar-refractivity contribution in [3.8, 4) is 17.3 Å². The summed E-state index contributed by atoms with van der Waals surface area (Å²) in [5.74, 6) is -0.0835. The first-order valence-electron chi connectivity index (χ1n) is 14.3. The number of anilines is 1. The number of aryl methyl sites for hydroxylation is 1. The molecule has 1 saturated heterocycles. The number of benzene rings is 2. The second-order valence-electron chi connectivity index (χ2n) is 12.1. The van der Waals surface area contributed by atoms with Gasteiger partial charge in [-0.25, -0.2) is 23.7 Å². The number of ether oxygens (including phenoxy) is 1. The number of aromatic nitrogens is 2. The lowest BCUT2D eigenvalue weighted by molar-refractivity contribution is 0.0519. The van der Waals surface area contributed by atoms with Gasteiger partial charge in [-0.15, -0.1) is 0 Å². The molecule has 0 amide bonds. The molecule has 1 N–H and O–H groups in total. The van der Waals surface area contributed by atoms with E-state index >= 15 is 0 Å². The van der Waals surface area contributed by atoms with Crippen molar-refractivity contribution in [2.24, 2.45) is 5.41 Å².